The lowest BCUT2D eigenvalue weighted by Gasteiger charge is -2.33. The Labute approximate surface area is 212 Å². The molecule has 3 aromatic carbocycles. The first-order chi connectivity index (χ1) is 17.6. The van der Waals surface area contributed by atoms with Crippen LogP contribution in [0.25, 0.3) is 10.9 Å². The first kappa shape index (κ1) is 23.9. The Balaban J connectivity index is 1.53. The molecule has 0 aliphatic heterocycles. The molecule has 1 atom stereocenters. The van der Waals surface area contributed by atoms with E-state index in [1.165, 1.54) is 0 Å². The van der Waals surface area contributed by atoms with Gasteiger partial charge in [-0.15, -0.1) is 0 Å². The second-order valence-corrected chi connectivity index (χ2v) is 9.79. The van der Waals surface area contributed by atoms with E-state index in [0.29, 0.717) is 6.54 Å². The van der Waals surface area contributed by atoms with Crippen LogP contribution in [0.4, 0.5) is 0 Å². The van der Waals surface area contributed by atoms with Crippen LogP contribution < -0.4 is 5.32 Å². The van der Waals surface area contributed by atoms with Crippen LogP contribution in [-0.2, 0) is 22.6 Å². The maximum atomic E-state index is 14.1. The van der Waals surface area contributed by atoms with Crippen molar-refractivity contribution in [3.63, 3.8) is 0 Å². The van der Waals surface area contributed by atoms with Gasteiger partial charge in [-0.25, -0.2) is 0 Å². The number of carbonyl (C=O) groups excluding carboxylic acids is 2. The Morgan fingerprint density at radius 2 is 1.64 bits per heavy atom. The monoisotopic (exact) mass is 479 g/mol. The number of hydrogen-bond acceptors (Lipinski definition) is 2. The van der Waals surface area contributed by atoms with Crippen LogP contribution in [0.2, 0.25) is 0 Å². The van der Waals surface area contributed by atoms with Crippen LogP contribution in [0.1, 0.15) is 54.0 Å². The summed E-state index contributed by atoms with van der Waals surface area (Å²) in [7, 11) is 0. The summed E-state index contributed by atoms with van der Waals surface area (Å²) in [5, 5.41) is 4.31. The molecule has 0 bridgehead atoms. The first-order valence-corrected chi connectivity index (χ1v) is 12.8. The van der Waals surface area contributed by atoms with Gasteiger partial charge in [-0.3, -0.25) is 9.59 Å². The van der Waals surface area contributed by atoms with Crippen molar-refractivity contribution < 1.29 is 9.59 Å². The highest BCUT2D eigenvalue weighted by atomic mass is 16.2. The van der Waals surface area contributed by atoms with Gasteiger partial charge >= 0.3 is 0 Å². The SMILES string of the molecule is Cc1ccccc1C(C(=O)NC1CCCC1)N(Cc1ccccc1)C(=O)Cc1c[nH]c2ccccc12. The zero-order valence-corrected chi connectivity index (χ0v) is 20.7. The normalized spacial score (nSPS) is 14.6. The van der Waals surface area contributed by atoms with Gasteiger partial charge in [-0.05, 0) is 48.1 Å². The number of aromatic nitrogens is 1. The van der Waals surface area contributed by atoms with Gasteiger partial charge in [0.25, 0.3) is 0 Å². The topological polar surface area (TPSA) is 65.2 Å². The number of nitrogens with zero attached hydrogens (tertiary/aromatic N) is 1. The molecule has 5 nitrogen and oxygen atoms in total. The Morgan fingerprint density at radius 3 is 2.42 bits per heavy atom. The van der Waals surface area contributed by atoms with Gasteiger partial charge in [0.05, 0.1) is 6.42 Å². The quantitative estimate of drug-likeness (QED) is 0.333. The molecule has 4 aromatic rings. The van der Waals surface area contributed by atoms with Gasteiger partial charge < -0.3 is 15.2 Å². The van der Waals surface area contributed by atoms with E-state index in [1.807, 2.05) is 92.0 Å². The van der Waals surface area contributed by atoms with Gasteiger partial charge in [0.15, 0.2) is 0 Å². The number of carbonyl (C=O) groups is 2. The molecule has 2 amide bonds. The molecular weight excluding hydrogens is 446 g/mol. The highest BCUT2D eigenvalue weighted by Gasteiger charge is 2.34. The molecule has 1 saturated carbocycles. The summed E-state index contributed by atoms with van der Waals surface area (Å²) >= 11 is 0. The fourth-order valence-corrected chi connectivity index (χ4v) is 5.34. The maximum Gasteiger partial charge on any atom is 0.247 e. The lowest BCUT2D eigenvalue weighted by atomic mass is 9.97. The van der Waals surface area contributed by atoms with E-state index in [9.17, 15) is 9.59 Å². The molecule has 5 heteroatoms. The first-order valence-electron chi connectivity index (χ1n) is 12.8. The summed E-state index contributed by atoms with van der Waals surface area (Å²) in [6, 6.07) is 25.3. The van der Waals surface area contributed by atoms with E-state index in [-0.39, 0.29) is 24.3 Å². The highest BCUT2D eigenvalue weighted by molar-refractivity contribution is 5.92. The van der Waals surface area contributed by atoms with Crippen molar-refractivity contribution in [2.24, 2.45) is 0 Å². The minimum atomic E-state index is -0.704. The van der Waals surface area contributed by atoms with Crippen LogP contribution in [0.3, 0.4) is 0 Å². The summed E-state index contributed by atoms with van der Waals surface area (Å²) in [6.45, 7) is 2.37. The van der Waals surface area contributed by atoms with Gasteiger partial charge in [-0.2, -0.15) is 0 Å². The minimum Gasteiger partial charge on any atom is -0.361 e. The zero-order valence-electron chi connectivity index (χ0n) is 20.7. The van der Waals surface area contributed by atoms with Crippen LogP contribution >= 0.6 is 0 Å². The van der Waals surface area contributed by atoms with Crippen LogP contribution in [0.15, 0.2) is 85.1 Å². The lowest BCUT2D eigenvalue weighted by molar-refractivity contribution is -0.141. The lowest BCUT2D eigenvalue weighted by Crippen LogP contribution is -2.46. The Morgan fingerprint density at radius 1 is 0.944 bits per heavy atom. The molecule has 5 rings (SSSR count). The third-order valence-electron chi connectivity index (χ3n) is 7.28. The Hall–Kier alpha value is -3.86. The molecule has 1 unspecified atom stereocenters. The van der Waals surface area contributed by atoms with E-state index >= 15 is 0 Å². The van der Waals surface area contributed by atoms with Gasteiger partial charge in [0, 0.05) is 29.7 Å². The molecule has 1 heterocycles. The summed E-state index contributed by atoms with van der Waals surface area (Å²) in [5.41, 5.74) is 4.81. The highest BCUT2D eigenvalue weighted by Crippen LogP contribution is 2.29. The number of aromatic amines is 1. The fraction of sp³-hybridized carbons (Fsp3) is 0.290. The van der Waals surface area contributed by atoms with Gasteiger partial charge in [0.1, 0.15) is 6.04 Å². The molecule has 1 aliphatic carbocycles. The van der Waals surface area contributed by atoms with Crippen molar-refractivity contribution in [3.05, 3.63) is 107 Å². The van der Waals surface area contributed by atoms with E-state index in [4.69, 9.17) is 0 Å². The van der Waals surface area contributed by atoms with E-state index in [0.717, 1.165) is 58.8 Å². The van der Waals surface area contributed by atoms with Gasteiger partial charge in [0.2, 0.25) is 11.8 Å². The second-order valence-electron chi connectivity index (χ2n) is 9.79. The summed E-state index contributed by atoms with van der Waals surface area (Å²) in [4.78, 5) is 33.0. The predicted octanol–water partition coefficient (Wildman–Crippen LogP) is 5.85. The van der Waals surface area contributed by atoms with Gasteiger partial charge in [-0.1, -0.05) is 85.6 Å². The standard InChI is InChI=1S/C31H33N3O2/c1-22-11-5-8-16-26(22)30(31(36)33-25-14-6-7-15-25)34(21-23-12-3-2-4-13-23)29(35)19-24-20-32-28-18-10-9-17-27(24)28/h2-5,8-13,16-18,20,25,30,32H,6-7,14-15,19,21H2,1H3,(H,33,36). The molecular formula is C31H33N3O2. The van der Waals surface area contributed by atoms with Crippen molar-refractivity contribution >= 4 is 22.7 Å². The largest absolute Gasteiger partial charge is 0.361 e. The van der Waals surface area contributed by atoms with Crippen molar-refractivity contribution in [2.45, 2.75) is 57.7 Å². The molecule has 0 saturated heterocycles. The van der Waals surface area contributed by atoms with Crippen LogP contribution in [0, 0.1) is 6.92 Å². The Kier molecular flexibility index (Phi) is 7.17. The number of H-pyrrole nitrogens is 1. The van der Waals surface area contributed by atoms with Crippen LogP contribution in [-0.4, -0.2) is 27.7 Å². The molecule has 36 heavy (non-hydrogen) atoms. The number of para-hydroxylation sites is 1. The van der Waals surface area contributed by atoms with Crippen molar-refractivity contribution in [1.29, 1.82) is 0 Å². The molecule has 2 N–H and O–H groups in total. The molecule has 1 aliphatic rings. The average molecular weight is 480 g/mol. The number of nitrogens with one attached hydrogen (secondary N) is 2. The molecule has 0 spiro atoms. The number of rotatable bonds is 8. The third-order valence-corrected chi connectivity index (χ3v) is 7.28. The summed E-state index contributed by atoms with van der Waals surface area (Å²) in [6.07, 6.45) is 6.38. The number of aryl methyl sites for hydroxylation is 1. The molecule has 0 radical (unpaired) electrons. The van der Waals surface area contributed by atoms with Crippen LogP contribution in [0.5, 0.6) is 0 Å². The minimum absolute atomic E-state index is 0.0709. The number of amides is 2. The fourth-order valence-electron chi connectivity index (χ4n) is 5.34. The third kappa shape index (κ3) is 5.20. The molecule has 1 aromatic heterocycles. The zero-order chi connectivity index (χ0) is 24.9. The van der Waals surface area contributed by atoms with Crippen molar-refractivity contribution in [2.75, 3.05) is 0 Å². The van der Waals surface area contributed by atoms with Crippen molar-refractivity contribution in [1.82, 2.24) is 15.2 Å². The van der Waals surface area contributed by atoms with E-state index in [2.05, 4.69) is 10.3 Å². The smallest absolute Gasteiger partial charge is 0.247 e. The average Bonchev–Trinajstić information content (AvgIpc) is 3.55. The van der Waals surface area contributed by atoms with E-state index < -0.39 is 6.04 Å². The van der Waals surface area contributed by atoms with Crippen molar-refractivity contribution in [3.8, 4) is 0 Å². The number of benzene rings is 3. The number of hydrogen-bond donors (Lipinski definition) is 2. The summed E-state index contributed by atoms with van der Waals surface area (Å²) in [5.74, 6) is -0.169. The molecule has 184 valence electrons. The summed E-state index contributed by atoms with van der Waals surface area (Å²) < 4.78 is 0. The Bertz CT molecular complexity index is 1340. The maximum absolute atomic E-state index is 14.1. The van der Waals surface area contributed by atoms with E-state index in [1.54, 1.807) is 4.90 Å². The second kappa shape index (κ2) is 10.8. The molecule has 1 fully saturated rings. The predicted molar refractivity (Wildman–Crippen MR) is 143 cm³/mol. The number of fused-ring (bicyclic) bond motifs is 1.